The molecule has 5 heteroatoms. The molecule has 1 aromatic heterocycles. The normalized spacial score (nSPS) is 12.4. The summed E-state index contributed by atoms with van der Waals surface area (Å²) in [5.41, 5.74) is 1.75. The van der Waals surface area contributed by atoms with E-state index >= 15 is 0 Å². The highest BCUT2D eigenvalue weighted by Crippen LogP contribution is 2.20. The fourth-order valence-electron chi connectivity index (χ4n) is 2.95. The van der Waals surface area contributed by atoms with Gasteiger partial charge in [-0.25, -0.2) is 4.79 Å². The molecule has 138 valence electrons. The molecule has 5 nitrogen and oxygen atoms in total. The van der Waals surface area contributed by atoms with E-state index in [1.54, 1.807) is 0 Å². The van der Waals surface area contributed by atoms with Crippen LogP contribution in [0.1, 0.15) is 53.0 Å². The molecule has 25 heavy (non-hydrogen) atoms. The number of hydrogen-bond acceptors (Lipinski definition) is 3. The summed E-state index contributed by atoms with van der Waals surface area (Å²) >= 11 is 0. The van der Waals surface area contributed by atoms with Crippen LogP contribution in [0.3, 0.4) is 0 Å². The lowest BCUT2D eigenvalue weighted by molar-refractivity contribution is 0.0507. The summed E-state index contributed by atoms with van der Waals surface area (Å²) in [6.45, 7) is 11.2. The quantitative estimate of drug-likeness (QED) is 0.699. The number of H-pyrrole nitrogens is 1. The minimum atomic E-state index is -0.484. The third-order valence-corrected chi connectivity index (χ3v) is 4.65. The Hall–Kier alpha value is -2.01. The van der Waals surface area contributed by atoms with Crippen LogP contribution in [0.15, 0.2) is 30.5 Å². The van der Waals surface area contributed by atoms with Crippen molar-refractivity contribution in [3.63, 3.8) is 0 Å². The standard InChI is InChI=1S/C20H31N3O2/c1-6-20(7-2,14-22-18(24)25-19(3,4)5)23-13-16-10-8-9-15-11-12-21-17(15)16/h8-12,21,23H,6-7,13-14H2,1-5H3,(H,22,24). The number of alkyl carbamates (subject to hydrolysis) is 1. The molecule has 2 rings (SSSR count). The molecule has 0 unspecified atom stereocenters. The summed E-state index contributed by atoms with van der Waals surface area (Å²) in [5.74, 6) is 0. The number of hydrogen-bond donors (Lipinski definition) is 3. The van der Waals surface area contributed by atoms with Gasteiger partial charge in [0.15, 0.2) is 0 Å². The number of carbonyl (C=O) groups excluding carboxylic acids is 1. The summed E-state index contributed by atoms with van der Waals surface area (Å²) in [6, 6.07) is 8.39. The summed E-state index contributed by atoms with van der Waals surface area (Å²) in [5, 5.41) is 7.79. The Bertz CT molecular complexity index is 696. The molecule has 0 radical (unpaired) electrons. The van der Waals surface area contributed by atoms with Gasteiger partial charge in [0, 0.05) is 30.3 Å². The predicted molar refractivity (Wildman–Crippen MR) is 103 cm³/mol. The summed E-state index contributed by atoms with van der Waals surface area (Å²) in [6.07, 6.45) is 3.43. The topological polar surface area (TPSA) is 66.2 Å². The number of rotatable bonds is 7. The van der Waals surface area contributed by atoms with E-state index in [1.165, 1.54) is 10.9 Å². The second-order valence-corrected chi connectivity index (χ2v) is 7.56. The average molecular weight is 345 g/mol. The van der Waals surface area contributed by atoms with Crippen molar-refractivity contribution < 1.29 is 9.53 Å². The number of aromatic nitrogens is 1. The SMILES string of the molecule is CCC(CC)(CNC(=O)OC(C)(C)C)NCc1cccc2cc[nH]c12. The number of nitrogens with one attached hydrogen (secondary N) is 3. The van der Waals surface area contributed by atoms with Gasteiger partial charge >= 0.3 is 6.09 Å². The maximum absolute atomic E-state index is 12.0. The Labute approximate surface area is 150 Å². The van der Waals surface area contributed by atoms with Crippen LogP contribution >= 0.6 is 0 Å². The van der Waals surface area contributed by atoms with Crippen molar-refractivity contribution in [2.45, 2.75) is 65.1 Å². The Morgan fingerprint density at radius 3 is 2.52 bits per heavy atom. The molecular formula is C20H31N3O2. The molecular weight excluding hydrogens is 314 g/mol. The monoisotopic (exact) mass is 345 g/mol. The van der Waals surface area contributed by atoms with Crippen molar-refractivity contribution in [2.75, 3.05) is 6.54 Å². The predicted octanol–water partition coefficient (Wildman–Crippen LogP) is 4.34. The van der Waals surface area contributed by atoms with Gasteiger partial charge in [0.05, 0.1) is 0 Å². The van der Waals surface area contributed by atoms with E-state index in [2.05, 4.69) is 53.7 Å². The van der Waals surface area contributed by atoms with Crippen molar-refractivity contribution in [1.29, 1.82) is 0 Å². The van der Waals surface area contributed by atoms with Gasteiger partial charge in [-0.15, -0.1) is 0 Å². The minimum Gasteiger partial charge on any atom is -0.444 e. The summed E-state index contributed by atoms with van der Waals surface area (Å²) < 4.78 is 5.35. The molecule has 0 aliphatic heterocycles. The Morgan fingerprint density at radius 1 is 1.16 bits per heavy atom. The van der Waals surface area contributed by atoms with Gasteiger partial charge in [-0.3, -0.25) is 0 Å². The molecule has 0 saturated carbocycles. The average Bonchev–Trinajstić information content (AvgIpc) is 3.03. The van der Waals surface area contributed by atoms with E-state index in [0.717, 1.165) is 24.9 Å². The molecule has 0 saturated heterocycles. The lowest BCUT2D eigenvalue weighted by Crippen LogP contribution is -2.53. The van der Waals surface area contributed by atoms with Crippen LogP contribution in [0.2, 0.25) is 0 Å². The van der Waals surface area contributed by atoms with Crippen LogP contribution in [0.5, 0.6) is 0 Å². The minimum absolute atomic E-state index is 0.161. The van der Waals surface area contributed by atoms with Gasteiger partial charge in [-0.1, -0.05) is 32.0 Å². The summed E-state index contributed by atoms with van der Waals surface area (Å²) in [7, 11) is 0. The van der Waals surface area contributed by atoms with Crippen LogP contribution in [0.25, 0.3) is 10.9 Å². The molecule has 1 amide bonds. The zero-order valence-electron chi connectivity index (χ0n) is 16.0. The number of ether oxygens (including phenoxy) is 1. The lowest BCUT2D eigenvalue weighted by Gasteiger charge is -2.34. The van der Waals surface area contributed by atoms with E-state index in [1.807, 2.05) is 27.0 Å². The number of para-hydroxylation sites is 1. The van der Waals surface area contributed by atoms with Crippen LogP contribution in [-0.2, 0) is 11.3 Å². The van der Waals surface area contributed by atoms with E-state index < -0.39 is 5.60 Å². The Morgan fingerprint density at radius 2 is 1.88 bits per heavy atom. The first-order chi connectivity index (χ1) is 11.8. The van der Waals surface area contributed by atoms with Crippen LogP contribution in [0, 0.1) is 0 Å². The van der Waals surface area contributed by atoms with Crippen LogP contribution in [-0.4, -0.2) is 28.8 Å². The molecule has 1 heterocycles. The van der Waals surface area contributed by atoms with Crippen LogP contribution < -0.4 is 10.6 Å². The maximum atomic E-state index is 12.0. The van der Waals surface area contributed by atoms with Gasteiger partial charge in [0.1, 0.15) is 5.60 Å². The van der Waals surface area contributed by atoms with Crippen molar-refractivity contribution in [3.8, 4) is 0 Å². The first-order valence-corrected chi connectivity index (χ1v) is 9.05. The van der Waals surface area contributed by atoms with Crippen molar-refractivity contribution in [2.24, 2.45) is 0 Å². The van der Waals surface area contributed by atoms with Gasteiger partial charge in [-0.05, 0) is 50.6 Å². The lowest BCUT2D eigenvalue weighted by atomic mass is 9.92. The van der Waals surface area contributed by atoms with Gasteiger partial charge < -0.3 is 20.4 Å². The Kier molecular flexibility index (Phi) is 6.11. The van der Waals surface area contributed by atoms with Crippen molar-refractivity contribution in [3.05, 3.63) is 36.0 Å². The third-order valence-electron chi connectivity index (χ3n) is 4.65. The van der Waals surface area contributed by atoms with Gasteiger partial charge in [-0.2, -0.15) is 0 Å². The number of fused-ring (bicyclic) bond motifs is 1. The fraction of sp³-hybridized carbons (Fsp3) is 0.550. The van der Waals surface area contributed by atoms with E-state index in [-0.39, 0.29) is 11.6 Å². The van der Waals surface area contributed by atoms with Gasteiger partial charge in [0.2, 0.25) is 0 Å². The first-order valence-electron chi connectivity index (χ1n) is 9.05. The number of aromatic amines is 1. The van der Waals surface area contributed by atoms with Crippen molar-refractivity contribution >= 4 is 17.0 Å². The number of benzene rings is 1. The smallest absolute Gasteiger partial charge is 0.407 e. The van der Waals surface area contributed by atoms with Gasteiger partial charge in [0.25, 0.3) is 0 Å². The van der Waals surface area contributed by atoms with E-state index in [4.69, 9.17) is 4.74 Å². The maximum Gasteiger partial charge on any atom is 0.407 e. The zero-order valence-corrected chi connectivity index (χ0v) is 16.0. The molecule has 3 N–H and O–H groups in total. The highest BCUT2D eigenvalue weighted by Gasteiger charge is 2.27. The largest absolute Gasteiger partial charge is 0.444 e. The summed E-state index contributed by atoms with van der Waals surface area (Å²) in [4.78, 5) is 15.3. The molecule has 1 aromatic carbocycles. The molecule has 2 aromatic rings. The van der Waals surface area contributed by atoms with E-state index in [9.17, 15) is 4.79 Å². The number of carbonyl (C=O) groups is 1. The van der Waals surface area contributed by atoms with Crippen molar-refractivity contribution in [1.82, 2.24) is 15.6 Å². The third kappa shape index (κ3) is 5.23. The highest BCUT2D eigenvalue weighted by molar-refractivity contribution is 5.82. The Balaban J connectivity index is 2.01. The molecule has 0 spiro atoms. The molecule has 0 aliphatic rings. The fourth-order valence-corrected chi connectivity index (χ4v) is 2.95. The molecule has 0 fully saturated rings. The second kappa shape index (κ2) is 7.91. The highest BCUT2D eigenvalue weighted by atomic mass is 16.6. The molecule has 0 atom stereocenters. The molecule has 0 aliphatic carbocycles. The zero-order chi connectivity index (χ0) is 18.5. The van der Waals surface area contributed by atoms with E-state index in [0.29, 0.717) is 6.54 Å². The first kappa shape index (κ1) is 19.3. The van der Waals surface area contributed by atoms with Crippen LogP contribution in [0.4, 0.5) is 4.79 Å². The number of amides is 1. The second-order valence-electron chi connectivity index (χ2n) is 7.56. The molecule has 0 bridgehead atoms.